The Balaban J connectivity index is 1.61. The molecule has 0 spiro atoms. The van der Waals surface area contributed by atoms with E-state index >= 15 is 0 Å². The summed E-state index contributed by atoms with van der Waals surface area (Å²) in [6.07, 6.45) is 2.11. The van der Waals surface area contributed by atoms with Gasteiger partial charge in [0.05, 0.1) is 20.3 Å². The molecule has 0 aromatic heterocycles. The number of carbonyl (C=O) groups is 2. The summed E-state index contributed by atoms with van der Waals surface area (Å²) >= 11 is 0. The minimum atomic E-state index is -0.164. The topological polar surface area (TPSA) is 67.9 Å². The van der Waals surface area contributed by atoms with Gasteiger partial charge < -0.3 is 19.7 Å². The molecule has 0 saturated carbocycles. The quantitative estimate of drug-likeness (QED) is 0.799. The highest BCUT2D eigenvalue weighted by Gasteiger charge is 2.31. The molecule has 1 atom stereocenters. The molecule has 1 aliphatic rings. The van der Waals surface area contributed by atoms with Crippen molar-refractivity contribution in [1.82, 2.24) is 10.2 Å². The lowest BCUT2D eigenvalue weighted by molar-refractivity contribution is -0.132. The average molecular weight is 382 g/mol. The number of amides is 2. The van der Waals surface area contributed by atoms with Crippen LogP contribution in [0.15, 0.2) is 48.5 Å². The molecule has 6 nitrogen and oxygen atoms in total. The second-order valence-electron chi connectivity index (χ2n) is 6.72. The van der Waals surface area contributed by atoms with Crippen LogP contribution in [0.1, 0.15) is 41.2 Å². The lowest BCUT2D eigenvalue weighted by Crippen LogP contribution is -2.34. The van der Waals surface area contributed by atoms with Crippen molar-refractivity contribution in [3.05, 3.63) is 59.7 Å². The van der Waals surface area contributed by atoms with Crippen LogP contribution >= 0.6 is 0 Å². The molecule has 1 heterocycles. The maximum atomic E-state index is 12.8. The highest BCUT2D eigenvalue weighted by Crippen LogP contribution is 2.38. The molecule has 1 saturated heterocycles. The molecular weight excluding hydrogens is 356 g/mol. The van der Waals surface area contributed by atoms with E-state index in [-0.39, 0.29) is 24.3 Å². The summed E-state index contributed by atoms with van der Waals surface area (Å²) in [7, 11) is 3.24. The zero-order valence-electron chi connectivity index (χ0n) is 16.3. The monoisotopic (exact) mass is 382 g/mol. The Morgan fingerprint density at radius 2 is 1.89 bits per heavy atom. The minimum Gasteiger partial charge on any atom is -0.497 e. The molecule has 1 unspecified atom stereocenters. The van der Waals surface area contributed by atoms with Crippen LogP contribution in [0.5, 0.6) is 11.5 Å². The molecule has 1 aliphatic heterocycles. The Labute approximate surface area is 165 Å². The maximum absolute atomic E-state index is 12.8. The van der Waals surface area contributed by atoms with E-state index in [2.05, 4.69) is 5.32 Å². The van der Waals surface area contributed by atoms with E-state index in [0.29, 0.717) is 18.7 Å². The van der Waals surface area contributed by atoms with Crippen molar-refractivity contribution >= 4 is 11.8 Å². The Hall–Kier alpha value is -3.02. The molecule has 2 aromatic carbocycles. The fourth-order valence-electron chi connectivity index (χ4n) is 3.60. The summed E-state index contributed by atoms with van der Waals surface area (Å²) < 4.78 is 10.8. The smallest absolute Gasteiger partial charge is 0.251 e. The molecule has 148 valence electrons. The minimum absolute atomic E-state index is 0.0156. The van der Waals surface area contributed by atoms with Crippen LogP contribution in [-0.4, -0.2) is 44.0 Å². The molecule has 0 radical (unpaired) electrons. The first kappa shape index (κ1) is 19.7. The number of hydrogen-bond donors (Lipinski definition) is 1. The number of nitrogens with zero attached hydrogens (tertiary/aromatic N) is 1. The van der Waals surface area contributed by atoms with Crippen molar-refractivity contribution in [2.45, 2.75) is 25.3 Å². The summed E-state index contributed by atoms with van der Waals surface area (Å²) in [6.45, 7) is 1.03. The van der Waals surface area contributed by atoms with Gasteiger partial charge in [0.1, 0.15) is 11.5 Å². The van der Waals surface area contributed by atoms with Crippen molar-refractivity contribution < 1.29 is 19.1 Å². The Bertz CT molecular complexity index is 823. The lowest BCUT2D eigenvalue weighted by atomic mass is 10.0. The molecule has 2 amide bonds. The van der Waals surface area contributed by atoms with Gasteiger partial charge in [-0.2, -0.15) is 0 Å². The first-order chi connectivity index (χ1) is 13.6. The van der Waals surface area contributed by atoms with Gasteiger partial charge in [-0.15, -0.1) is 0 Å². The summed E-state index contributed by atoms with van der Waals surface area (Å²) in [5.74, 6) is 1.32. The SMILES string of the molecule is COc1ccc(C2CCCN2C(=O)CCNC(=O)c2ccccc2)c(OC)c1. The zero-order chi connectivity index (χ0) is 19.9. The number of rotatable bonds is 7. The van der Waals surface area contributed by atoms with E-state index < -0.39 is 0 Å². The highest BCUT2D eigenvalue weighted by molar-refractivity contribution is 5.94. The van der Waals surface area contributed by atoms with Gasteiger partial charge >= 0.3 is 0 Å². The van der Waals surface area contributed by atoms with Crippen molar-refractivity contribution in [3.8, 4) is 11.5 Å². The third-order valence-electron chi connectivity index (χ3n) is 5.03. The van der Waals surface area contributed by atoms with E-state index in [1.54, 1.807) is 26.4 Å². The molecule has 1 fully saturated rings. The fourth-order valence-corrected chi connectivity index (χ4v) is 3.60. The van der Waals surface area contributed by atoms with Gasteiger partial charge in [-0.3, -0.25) is 9.59 Å². The molecule has 3 rings (SSSR count). The number of carbonyl (C=O) groups excluding carboxylic acids is 2. The number of benzene rings is 2. The van der Waals surface area contributed by atoms with Crippen molar-refractivity contribution in [3.63, 3.8) is 0 Å². The van der Waals surface area contributed by atoms with Gasteiger partial charge in [0, 0.05) is 36.7 Å². The van der Waals surface area contributed by atoms with Crippen LogP contribution in [0.2, 0.25) is 0 Å². The van der Waals surface area contributed by atoms with E-state index in [4.69, 9.17) is 9.47 Å². The second kappa shape index (κ2) is 9.26. The van der Waals surface area contributed by atoms with Gasteiger partial charge in [-0.05, 0) is 37.1 Å². The van der Waals surface area contributed by atoms with Crippen LogP contribution in [0.25, 0.3) is 0 Å². The molecule has 2 aromatic rings. The maximum Gasteiger partial charge on any atom is 0.251 e. The number of nitrogens with one attached hydrogen (secondary N) is 1. The molecule has 0 aliphatic carbocycles. The van der Waals surface area contributed by atoms with Crippen LogP contribution in [0.3, 0.4) is 0 Å². The van der Waals surface area contributed by atoms with Gasteiger partial charge in [-0.1, -0.05) is 18.2 Å². The number of hydrogen-bond acceptors (Lipinski definition) is 4. The van der Waals surface area contributed by atoms with Crippen LogP contribution in [-0.2, 0) is 4.79 Å². The normalized spacial score (nSPS) is 15.9. The predicted octanol–water partition coefficient (Wildman–Crippen LogP) is 3.19. The predicted molar refractivity (Wildman–Crippen MR) is 107 cm³/mol. The molecule has 28 heavy (non-hydrogen) atoms. The van der Waals surface area contributed by atoms with E-state index in [1.165, 1.54) is 0 Å². The van der Waals surface area contributed by atoms with Gasteiger partial charge in [0.25, 0.3) is 5.91 Å². The molecule has 1 N–H and O–H groups in total. The Morgan fingerprint density at radius 1 is 1.11 bits per heavy atom. The summed E-state index contributed by atoms with van der Waals surface area (Å²) in [5.41, 5.74) is 1.58. The first-order valence-electron chi connectivity index (χ1n) is 9.48. The number of likely N-dealkylation sites (tertiary alicyclic amines) is 1. The molecule has 0 bridgehead atoms. The van der Waals surface area contributed by atoms with Crippen molar-refractivity contribution in [2.24, 2.45) is 0 Å². The summed E-state index contributed by atoms with van der Waals surface area (Å²) in [6, 6.07) is 14.7. The third-order valence-corrected chi connectivity index (χ3v) is 5.03. The Morgan fingerprint density at radius 3 is 2.61 bits per heavy atom. The van der Waals surface area contributed by atoms with Gasteiger partial charge in [0.15, 0.2) is 0 Å². The fraction of sp³-hybridized carbons (Fsp3) is 0.364. The summed E-state index contributed by atoms with van der Waals surface area (Å²) in [5, 5.41) is 2.82. The van der Waals surface area contributed by atoms with E-state index in [9.17, 15) is 9.59 Å². The number of ether oxygens (including phenoxy) is 2. The second-order valence-corrected chi connectivity index (χ2v) is 6.72. The van der Waals surface area contributed by atoms with Crippen LogP contribution < -0.4 is 14.8 Å². The van der Waals surface area contributed by atoms with E-state index in [1.807, 2.05) is 41.3 Å². The number of methoxy groups -OCH3 is 2. The van der Waals surface area contributed by atoms with Crippen molar-refractivity contribution in [1.29, 1.82) is 0 Å². The zero-order valence-corrected chi connectivity index (χ0v) is 16.3. The largest absolute Gasteiger partial charge is 0.497 e. The van der Waals surface area contributed by atoms with E-state index in [0.717, 1.165) is 29.9 Å². The molecule has 6 heteroatoms. The summed E-state index contributed by atoms with van der Waals surface area (Å²) in [4.78, 5) is 26.8. The van der Waals surface area contributed by atoms with Gasteiger partial charge in [-0.25, -0.2) is 0 Å². The van der Waals surface area contributed by atoms with Crippen LogP contribution in [0, 0.1) is 0 Å². The molecular formula is C22H26N2O4. The third kappa shape index (κ3) is 4.44. The van der Waals surface area contributed by atoms with Crippen molar-refractivity contribution in [2.75, 3.05) is 27.3 Å². The van der Waals surface area contributed by atoms with Crippen LogP contribution in [0.4, 0.5) is 0 Å². The first-order valence-corrected chi connectivity index (χ1v) is 9.48. The average Bonchev–Trinajstić information content (AvgIpc) is 3.23. The highest BCUT2D eigenvalue weighted by atomic mass is 16.5. The van der Waals surface area contributed by atoms with Gasteiger partial charge in [0.2, 0.25) is 5.91 Å². The standard InChI is InChI=1S/C22H26N2O4/c1-27-17-10-11-18(20(15-17)28-2)19-9-6-14-24(19)21(25)12-13-23-22(26)16-7-4-3-5-8-16/h3-5,7-8,10-11,15,19H,6,9,12-14H2,1-2H3,(H,23,26). The Kier molecular flexibility index (Phi) is 6.53. The lowest BCUT2D eigenvalue weighted by Gasteiger charge is -2.26.